The molecule has 17 heavy (non-hydrogen) atoms. The fourth-order valence-corrected chi connectivity index (χ4v) is 2.71. The number of benzene rings is 1. The highest BCUT2D eigenvalue weighted by molar-refractivity contribution is 5.75. The molecule has 1 aliphatic rings. The number of fused-ring (bicyclic) bond motifs is 1. The van der Waals surface area contributed by atoms with Crippen LogP contribution in [-0.2, 0) is 0 Å². The first-order chi connectivity index (χ1) is 8.25. The first-order valence-corrected chi connectivity index (χ1v) is 6.11. The van der Waals surface area contributed by atoms with Crippen molar-refractivity contribution in [1.82, 2.24) is 9.55 Å². The monoisotopic (exact) mass is 228 g/mol. The van der Waals surface area contributed by atoms with Crippen LogP contribution in [0.3, 0.4) is 0 Å². The van der Waals surface area contributed by atoms with Gasteiger partial charge < -0.3 is 4.98 Å². The largest absolute Gasteiger partial charge is 0.326 e. The van der Waals surface area contributed by atoms with Crippen LogP contribution in [-0.4, -0.2) is 9.55 Å². The fraction of sp³-hybridized carbons (Fsp3) is 0.357. The van der Waals surface area contributed by atoms with E-state index in [2.05, 4.69) is 11.6 Å². The Balaban J connectivity index is 2.08. The fourth-order valence-electron chi connectivity index (χ4n) is 2.71. The molecular formula is C14H16N2O. The van der Waals surface area contributed by atoms with E-state index in [-0.39, 0.29) is 5.69 Å². The molecule has 0 saturated heterocycles. The van der Waals surface area contributed by atoms with E-state index in [1.165, 1.54) is 5.57 Å². The molecule has 1 aromatic carbocycles. The Bertz CT molecular complexity index is 610. The average Bonchev–Trinajstić information content (AvgIpc) is 2.66. The predicted octanol–water partition coefficient (Wildman–Crippen LogP) is 3.00. The van der Waals surface area contributed by atoms with Crippen molar-refractivity contribution in [3.8, 4) is 0 Å². The number of hydrogen-bond donors (Lipinski definition) is 1. The SMILES string of the molecule is C=C1CCC(n2c(=O)[nH]c3ccccc32)CC1. The van der Waals surface area contributed by atoms with Crippen molar-refractivity contribution >= 4 is 11.0 Å². The molecule has 1 aromatic heterocycles. The molecule has 88 valence electrons. The van der Waals surface area contributed by atoms with Gasteiger partial charge in [-0.15, -0.1) is 0 Å². The standard InChI is InChI=1S/C14H16N2O/c1-10-6-8-11(9-7-10)16-13-5-3-2-4-12(13)15-14(16)17/h2-5,11H,1,6-9H2,(H,15,17). The molecule has 3 rings (SSSR count). The molecule has 1 aliphatic carbocycles. The van der Waals surface area contributed by atoms with Gasteiger partial charge in [0.05, 0.1) is 11.0 Å². The molecule has 0 spiro atoms. The summed E-state index contributed by atoms with van der Waals surface area (Å²) in [6, 6.07) is 8.22. The Morgan fingerprint density at radius 2 is 1.94 bits per heavy atom. The molecule has 3 nitrogen and oxygen atoms in total. The van der Waals surface area contributed by atoms with E-state index in [9.17, 15) is 4.79 Å². The van der Waals surface area contributed by atoms with Crippen molar-refractivity contribution in [2.24, 2.45) is 0 Å². The summed E-state index contributed by atoms with van der Waals surface area (Å²) in [6.07, 6.45) is 4.13. The van der Waals surface area contributed by atoms with Gasteiger partial charge in [0.2, 0.25) is 0 Å². The molecule has 0 bridgehead atoms. The van der Waals surface area contributed by atoms with Crippen molar-refractivity contribution < 1.29 is 0 Å². The second-order valence-corrected chi connectivity index (χ2v) is 4.80. The second-order valence-electron chi connectivity index (χ2n) is 4.80. The van der Waals surface area contributed by atoms with E-state index >= 15 is 0 Å². The summed E-state index contributed by atoms with van der Waals surface area (Å²) in [5.41, 5.74) is 3.29. The highest BCUT2D eigenvalue weighted by Crippen LogP contribution is 2.31. The van der Waals surface area contributed by atoms with Crippen LogP contribution in [0.15, 0.2) is 41.2 Å². The van der Waals surface area contributed by atoms with Gasteiger partial charge in [0.15, 0.2) is 0 Å². The van der Waals surface area contributed by atoms with Crippen LogP contribution in [0, 0.1) is 0 Å². The zero-order chi connectivity index (χ0) is 11.8. The number of allylic oxidation sites excluding steroid dienone is 1. The molecule has 1 N–H and O–H groups in total. The molecule has 2 aromatic rings. The van der Waals surface area contributed by atoms with E-state index in [0.717, 1.165) is 36.7 Å². The lowest BCUT2D eigenvalue weighted by molar-refractivity contribution is 0.400. The minimum Gasteiger partial charge on any atom is -0.306 e. The van der Waals surface area contributed by atoms with Crippen LogP contribution < -0.4 is 5.69 Å². The Kier molecular flexibility index (Phi) is 2.39. The van der Waals surface area contributed by atoms with E-state index in [1.807, 2.05) is 28.8 Å². The third kappa shape index (κ3) is 1.71. The molecule has 3 heteroatoms. The van der Waals surface area contributed by atoms with Gasteiger partial charge in [0.25, 0.3) is 0 Å². The summed E-state index contributed by atoms with van der Waals surface area (Å²) in [6.45, 7) is 4.02. The molecule has 0 radical (unpaired) electrons. The van der Waals surface area contributed by atoms with Crippen LogP contribution in [0.1, 0.15) is 31.7 Å². The maximum absolute atomic E-state index is 12.0. The van der Waals surface area contributed by atoms with Gasteiger partial charge in [-0.25, -0.2) is 4.79 Å². The van der Waals surface area contributed by atoms with Crippen molar-refractivity contribution in [2.45, 2.75) is 31.7 Å². The first kappa shape index (κ1) is 10.4. The number of aromatic amines is 1. The maximum atomic E-state index is 12.0. The third-order valence-corrected chi connectivity index (χ3v) is 3.65. The lowest BCUT2D eigenvalue weighted by atomic mass is 9.91. The predicted molar refractivity (Wildman–Crippen MR) is 69.2 cm³/mol. The summed E-state index contributed by atoms with van der Waals surface area (Å²) in [5.74, 6) is 0. The molecule has 0 unspecified atom stereocenters. The van der Waals surface area contributed by atoms with Crippen molar-refractivity contribution in [1.29, 1.82) is 0 Å². The van der Waals surface area contributed by atoms with Gasteiger partial charge in [-0.3, -0.25) is 4.57 Å². The Morgan fingerprint density at radius 1 is 1.24 bits per heavy atom. The van der Waals surface area contributed by atoms with E-state index < -0.39 is 0 Å². The van der Waals surface area contributed by atoms with Gasteiger partial charge in [0.1, 0.15) is 0 Å². The van der Waals surface area contributed by atoms with Crippen molar-refractivity contribution in [2.75, 3.05) is 0 Å². The van der Waals surface area contributed by atoms with E-state index in [1.54, 1.807) is 0 Å². The van der Waals surface area contributed by atoms with Gasteiger partial charge in [-0.05, 0) is 37.8 Å². The first-order valence-electron chi connectivity index (χ1n) is 6.11. The lowest BCUT2D eigenvalue weighted by Gasteiger charge is -2.24. The number of nitrogens with zero attached hydrogens (tertiary/aromatic N) is 1. The van der Waals surface area contributed by atoms with Crippen LogP contribution in [0.2, 0.25) is 0 Å². The summed E-state index contributed by atoms with van der Waals surface area (Å²) in [7, 11) is 0. The van der Waals surface area contributed by atoms with Crippen molar-refractivity contribution in [3.63, 3.8) is 0 Å². The summed E-state index contributed by atoms with van der Waals surface area (Å²) in [5, 5.41) is 0. The molecule has 0 amide bonds. The number of para-hydroxylation sites is 2. The highest BCUT2D eigenvalue weighted by atomic mass is 16.1. The summed E-state index contributed by atoms with van der Waals surface area (Å²) in [4.78, 5) is 14.9. The molecule has 1 saturated carbocycles. The second kappa shape index (κ2) is 3.91. The maximum Gasteiger partial charge on any atom is 0.326 e. The minimum absolute atomic E-state index is 0.0173. The molecule has 1 heterocycles. The third-order valence-electron chi connectivity index (χ3n) is 3.65. The van der Waals surface area contributed by atoms with Gasteiger partial charge in [-0.1, -0.05) is 24.3 Å². The number of aromatic nitrogens is 2. The molecule has 0 atom stereocenters. The molecular weight excluding hydrogens is 212 g/mol. The molecule has 1 fully saturated rings. The summed E-state index contributed by atoms with van der Waals surface area (Å²) < 4.78 is 1.92. The number of rotatable bonds is 1. The zero-order valence-corrected chi connectivity index (χ0v) is 9.78. The Labute approximate surface area is 99.8 Å². The van der Waals surface area contributed by atoms with Crippen molar-refractivity contribution in [3.05, 3.63) is 46.9 Å². The number of imidazole rings is 1. The zero-order valence-electron chi connectivity index (χ0n) is 9.78. The Morgan fingerprint density at radius 3 is 2.71 bits per heavy atom. The van der Waals surface area contributed by atoms with Crippen LogP contribution >= 0.6 is 0 Å². The number of nitrogens with one attached hydrogen (secondary N) is 1. The molecule has 0 aliphatic heterocycles. The van der Waals surface area contributed by atoms with Crippen LogP contribution in [0.4, 0.5) is 0 Å². The normalized spacial score (nSPS) is 17.8. The smallest absolute Gasteiger partial charge is 0.306 e. The van der Waals surface area contributed by atoms with E-state index in [0.29, 0.717) is 6.04 Å². The van der Waals surface area contributed by atoms with Gasteiger partial charge in [0, 0.05) is 6.04 Å². The minimum atomic E-state index is 0.0173. The van der Waals surface area contributed by atoms with Gasteiger partial charge in [-0.2, -0.15) is 0 Å². The number of hydrogen-bond acceptors (Lipinski definition) is 1. The van der Waals surface area contributed by atoms with E-state index in [4.69, 9.17) is 0 Å². The highest BCUT2D eigenvalue weighted by Gasteiger charge is 2.20. The van der Waals surface area contributed by atoms with Gasteiger partial charge >= 0.3 is 5.69 Å². The summed E-state index contributed by atoms with van der Waals surface area (Å²) >= 11 is 0. The Hall–Kier alpha value is -1.77. The number of H-pyrrole nitrogens is 1. The average molecular weight is 228 g/mol. The quantitative estimate of drug-likeness (QED) is 0.748. The topological polar surface area (TPSA) is 37.8 Å². The van der Waals surface area contributed by atoms with Crippen LogP contribution in [0.25, 0.3) is 11.0 Å². The lowest BCUT2D eigenvalue weighted by Crippen LogP contribution is -2.24. The van der Waals surface area contributed by atoms with Crippen LogP contribution in [0.5, 0.6) is 0 Å².